The molecule has 0 saturated carbocycles. The molecule has 0 saturated heterocycles. The van der Waals surface area contributed by atoms with Crippen molar-refractivity contribution in [2.24, 2.45) is 0 Å². The summed E-state index contributed by atoms with van der Waals surface area (Å²) in [5.41, 5.74) is 3.39. The Morgan fingerprint density at radius 1 is 1.10 bits per heavy atom. The summed E-state index contributed by atoms with van der Waals surface area (Å²) in [6, 6.07) is 12.4. The molecule has 0 spiro atoms. The second kappa shape index (κ2) is 4.56. The van der Waals surface area contributed by atoms with E-state index in [1.54, 1.807) is 0 Å². The molecule has 1 aliphatic heterocycles. The molecule has 0 aliphatic carbocycles. The van der Waals surface area contributed by atoms with Crippen molar-refractivity contribution in [3.8, 4) is 0 Å². The van der Waals surface area contributed by atoms with Crippen LogP contribution in [0.15, 0.2) is 55.0 Å². The number of fused-ring (bicyclic) bond motifs is 1. The van der Waals surface area contributed by atoms with Crippen molar-refractivity contribution in [1.29, 1.82) is 0 Å². The van der Waals surface area contributed by atoms with Gasteiger partial charge in [-0.1, -0.05) is 18.7 Å². The van der Waals surface area contributed by atoms with Crippen molar-refractivity contribution in [3.63, 3.8) is 0 Å². The average Bonchev–Trinajstić information content (AvgIpc) is 2.72. The van der Waals surface area contributed by atoms with Crippen LogP contribution in [0.1, 0.15) is 0 Å². The van der Waals surface area contributed by atoms with Crippen molar-refractivity contribution in [2.75, 3.05) is 35.8 Å². The van der Waals surface area contributed by atoms with Gasteiger partial charge in [0.1, 0.15) is 11.6 Å². The number of benzene rings is 1. The van der Waals surface area contributed by atoms with Gasteiger partial charge in [-0.2, -0.15) is 0 Å². The minimum absolute atomic E-state index is 0.933. The van der Waals surface area contributed by atoms with E-state index in [9.17, 15) is 0 Å². The van der Waals surface area contributed by atoms with Crippen molar-refractivity contribution < 1.29 is 0 Å². The first-order valence-electron chi connectivity index (χ1n) is 6.55. The van der Waals surface area contributed by atoms with Crippen molar-refractivity contribution in [1.82, 2.24) is 4.98 Å². The van der Waals surface area contributed by atoms with Gasteiger partial charge in [0.2, 0.25) is 0 Å². The quantitative estimate of drug-likeness (QED) is 0.832. The third kappa shape index (κ3) is 1.81. The number of aromatic nitrogens is 1. The number of hydrogen-bond acceptors (Lipinski definition) is 4. The van der Waals surface area contributed by atoms with Crippen LogP contribution in [0, 0.1) is 0 Å². The van der Waals surface area contributed by atoms with Crippen LogP contribution in [0.2, 0.25) is 0 Å². The molecule has 0 N–H and O–H groups in total. The Morgan fingerprint density at radius 3 is 2.50 bits per heavy atom. The van der Waals surface area contributed by atoms with Gasteiger partial charge in [0, 0.05) is 33.4 Å². The molecule has 4 heteroatoms. The van der Waals surface area contributed by atoms with Crippen LogP contribution in [0.25, 0.3) is 0 Å². The Balaban J connectivity index is 2.11. The van der Waals surface area contributed by atoms with Crippen LogP contribution in [-0.4, -0.2) is 26.1 Å². The van der Waals surface area contributed by atoms with Crippen LogP contribution in [-0.2, 0) is 0 Å². The molecule has 0 atom stereocenters. The van der Waals surface area contributed by atoms with E-state index in [4.69, 9.17) is 0 Å². The van der Waals surface area contributed by atoms with Gasteiger partial charge in [0.15, 0.2) is 0 Å². The molecule has 102 valence electrons. The summed E-state index contributed by atoms with van der Waals surface area (Å²) >= 11 is 0. The molecule has 1 aromatic heterocycles. The molecule has 3 rings (SSSR count). The van der Waals surface area contributed by atoms with Crippen LogP contribution in [0.4, 0.5) is 22.9 Å². The molecule has 0 radical (unpaired) electrons. The van der Waals surface area contributed by atoms with Gasteiger partial charge in [0.05, 0.1) is 17.1 Å². The number of hydrogen-bond donors (Lipinski definition) is 0. The molecule has 20 heavy (non-hydrogen) atoms. The van der Waals surface area contributed by atoms with E-state index in [1.165, 1.54) is 5.69 Å². The number of para-hydroxylation sites is 2. The summed E-state index contributed by atoms with van der Waals surface area (Å²) in [5.74, 6) is 1.88. The monoisotopic (exact) mass is 266 g/mol. The highest BCUT2D eigenvalue weighted by molar-refractivity contribution is 5.88. The van der Waals surface area contributed by atoms with E-state index in [-0.39, 0.29) is 0 Å². The Kier molecular flexibility index (Phi) is 2.86. The lowest BCUT2D eigenvalue weighted by Gasteiger charge is -2.23. The summed E-state index contributed by atoms with van der Waals surface area (Å²) in [6.45, 7) is 4.20. The third-order valence-corrected chi connectivity index (χ3v) is 3.57. The molecule has 1 aromatic carbocycles. The van der Waals surface area contributed by atoms with Crippen molar-refractivity contribution in [2.45, 2.75) is 0 Å². The molecule has 0 bridgehead atoms. The number of pyridine rings is 1. The highest BCUT2D eigenvalue weighted by Gasteiger charge is 2.28. The minimum atomic E-state index is 0.933. The van der Waals surface area contributed by atoms with E-state index in [2.05, 4.69) is 39.6 Å². The summed E-state index contributed by atoms with van der Waals surface area (Å²) < 4.78 is 0. The summed E-state index contributed by atoms with van der Waals surface area (Å²) in [5, 5.41) is 0. The van der Waals surface area contributed by atoms with E-state index < -0.39 is 0 Å². The molecular formula is C16H18N4. The lowest BCUT2D eigenvalue weighted by molar-refractivity contribution is 1.05. The highest BCUT2D eigenvalue weighted by atomic mass is 15.4. The molecule has 0 fully saturated rings. The van der Waals surface area contributed by atoms with Gasteiger partial charge >= 0.3 is 0 Å². The maximum Gasteiger partial charge on any atom is 0.130 e. The first kappa shape index (κ1) is 12.5. The summed E-state index contributed by atoms with van der Waals surface area (Å²) in [4.78, 5) is 10.6. The highest BCUT2D eigenvalue weighted by Crippen LogP contribution is 2.44. The van der Waals surface area contributed by atoms with E-state index in [1.807, 2.05) is 50.4 Å². The first-order valence-corrected chi connectivity index (χ1v) is 6.55. The molecule has 1 aliphatic rings. The van der Waals surface area contributed by atoms with E-state index in [0.717, 1.165) is 23.0 Å². The Hall–Kier alpha value is -2.49. The van der Waals surface area contributed by atoms with Crippen molar-refractivity contribution in [3.05, 3.63) is 55.0 Å². The van der Waals surface area contributed by atoms with E-state index in [0.29, 0.717) is 0 Å². The lowest BCUT2D eigenvalue weighted by atomic mass is 10.2. The van der Waals surface area contributed by atoms with Crippen LogP contribution >= 0.6 is 0 Å². The largest absolute Gasteiger partial charge is 0.363 e. The maximum atomic E-state index is 4.37. The number of rotatable bonds is 2. The molecule has 0 unspecified atom stereocenters. The lowest BCUT2D eigenvalue weighted by Crippen LogP contribution is -2.21. The predicted molar refractivity (Wildman–Crippen MR) is 84.7 cm³/mol. The van der Waals surface area contributed by atoms with Gasteiger partial charge < -0.3 is 9.80 Å². The Morgan fingerprint density at radius 2 is 1.80 bits per heavy atom. The Labute approximate surface area is 119 Å². The van der Waals surface area contributed by atoms with Crippen molar-refractivity contribution >= 4 is 22.9 Å². The predicted octanol–water partition coefficient (Wildman–Crippen LogP) is 3.21. The SMILES string of the molecule is C=C1N(C)c2ccccc2N1c1ccnc(N(C)C)c1. The maximum absolute atomic E-state index is 4.37. The summed E-state index contributed by atoms with van der Waals surface area (Å²) in [7, 11) is 6.02. The molecule has 4 nitrogen and oxygen atoms in total. The molecule has 2 aromatic rings. The van der Waals surface area contributed by atoms with Gasteiger partial charge in [-0.25, -0.2) is 4.98 Å². The molecular weight excluding hydrogens is 248 g/mol. The first-order chi connectivity index (χ1) is 9.59. The van der Waals surface area contributed by atoms with E-state index >= 15 is 0 Å². The smallest absolute Gasteiger partial charge is 0.130 e. The van der Waals surface area contributed by atoms with Crippen LogP contribution < -0.4 is 14.7 Å². The standard InChI is InChI=1S/C16H18N4/c1-12-19(4)14-7-5-6-8-15(14)20(12)13-9-10-17-16(11-13)18(2)3/h5-11H,1H2,2-4H3. The zero-order valence-electron chi connectivity index (χ0n) is 12.0. The topological polar surface area (TPSA) is 22.6 Å². The fourth-order valence-electron chi connectivity index (χ4n) is 2.44. The fourth-order valence-corrected chi connectivity index (χ4v) is 2.44. The second-order valence-electron chi connectivity index (χ2n) is 5.07. The zero-order chi connectivity index (χ0) is 14.3. The third-order valence-electron chi connectivity index (χ3n) is 3.57. The Bertz CT molecular complexity index is 663. The van der Waals surface area contributed by atoms with Gasteiger partial charge in [-0.3, -0.25) is 4.90 Å². The molecule has 0 amide bonds. The summed E-state index contributed by atoms with van der Waals surface area (Å²) in [6.07, 6.45) is 1.83. The van der Waals surface area contributed by atoms with Crippen LogP contribution in [0.3, 0.4) is 0 Å². The number of anilines is 4. The van der Waals surface area contributed by atoms with Gasteiger partial charge in [-0.05, 0) is 18.2 Å². The fraction of sp³-hybridized carbons (Fsp3) is 0.188. The minimum Gasteiger partial charge on any atom is -0.363 e. The van der Waals surface area contributed by atoms with Crippen LogP contribution in [0.5, 0.6) is 0 Å². The number of nitrogens with zero attached hydrogens (tertiary/aromatic N) is 4. The molecule has 2 heterocycles. The normalized spacial score (nSPS) is 13.7. The van der Waals surface area contributed by atoms with Gasteiger partial charge in [-0.15, -0.1) is 0 Å². The van der Waals surface area contributed by atoms with Gasteiger partial charge in [0.25, 0.3) is 0 Å². The average molecular weight is 266 g/mol. The zero-order valence-corrected chi connectivity index (χ0v) is 12.0. The second-order valence-corrected chi connectivity index (χ2v) is 5.07.